The lowest BCUT2D eigenvalue weighted by Crippen LogP contribution is -2.20. The van der Waals surface area contributed by atoms with Gasteiger partial charge in [0.2, 0.25) is 0 Å². The van der Waals surface area contributed by atoms with Gasteiger partial charge in [0.05, 0.1) is 13.2 Å². The molecular weight excluding hydrogens is 214 g/mol. The highest BCUT2D eigenvalue weighted by atomic mass is 32.1. The van der Waals surface area contributed by atoms with E-state index < -0.39 is 0 Å². The van der Waals surface area contributed by atoms with Crippen LogP contribution in [0.15, 0.2) is 0 Å². The summed E-state index contributed by atoms with van der Waals surface area (Å²) in [7, 11) is 1.67. The number of nitrogen functional groups attached to an aromatic ring is 1. The first kappa shape index (κ1) is 12.1. The van der Waals surface area contributed by atoms with Gasteiger partial charge >= 0.3 is 0 Å². The molecule has 0 radical (unpaired) electrons. The zero-order valence-corrected chi connectivity index (χ0v) is 10.1. The molecule has 0 fully saturated rings. The monoisotopic (exact) mass is 231 g/mol. The third-order valence-corrected chi connectivity index (χ3v) is 2.53. The molecule has 3 N–H and O–H groups in total. The van der Waals surface area contributed by atoms with Gasteiger partial charge in [0.25, 0.3) is 0 Å². The summed E-state index contributed by atoms with van der Waals surface area (Å²) in [4.78, 5) is 0. The van der Waals surface area contributed by atoms with Crippen molar-refractivity contribution in [3.05, 3.63) is 0 Å². The van der Waals surface area contributed by atoms with Crippen LogP contribution in [0.25, 0.3) is 0 Å². The zero-order valence-electron chi connectivity index (χ0n) is 9.24. The number of anilines is 2. The fraction of sp³-hybridized carbons (Fsp3) is 0.667. The molecule has 86 valence electrons. The second-order valence-electron chi connectivity index (χ2n) is 3.16. The van der Waals surface area contributed by atoms with E-state index in [1.54, 1.807) is 7.11 Å². The summed E-state index contributed by atoms with van der Waals surface area (Å²) in [5, 5.41) is 4.10. The second kappa shape index (κ2) is 5.77. The molecule has 6 heteroatoms. The molecule has 0 saturated carbocycles. The fourth-order valence-electron chi connectivity index (χ4n) is 1.19. The predicted octanol–water partition coefficient (Wildman–Crippen LogP) is 1.57. The van der Waals surface area contributed by atoms with Crippen molar-refractivity contribution in [3.63, 3.8) is 0 Å². The van der Waals surface area contributed by atoms with Crippen molar-refractivity contribution >= 4 is 22.4 Å². The van der Waals surface area contributed by atoms with Crippen LogP contribution in [-0.2, 0) is 4.74 Å². The lowest BCUT2D eigenvalue weighted by molar-refractivity contribution is 0.190. The molecule has 15 heavy (non-hydrogen) atoms. The van der Waals surface area contributed by atoms with E-state index in [0.717, 1.165) is 5.00 Å². The van der Waals surface area contributed by atoms with Gasteiger partial charge in [0.15, 0.2) is 16.6 Å². The molecule has 1 unspecified atom stereocenters. The average Bonchev–Trinajstić information content (AvgIpc) is 2.51. The van der Waals surface area contributed by atoms with E-state index in [-0.39, 0.29) is 6.04 Å². The Morgan fingerprint density at radius 1 is 1.60 bits per heavy atom. The zero-order chi connectivity index (χ0) is 11.3. The Hall–Kier alpha value is -1.01. The molecule has 5 nitrogen and oxygen atoms in total. The van der Waals surface area contributed by atoms with Crippen LogP contribution >= 0.6 is 11.5 Å². The van der Waals surface area contributed by atoms with Crippen molar-refractivity contribution in [2.75, 3.05) is 31.4 Å². The Bertz CT molecular complexity index is 304. The number of hydrogen-bond acceptors (Lipinski definition) is 6. The van der Waals surface area contributed by atoms with Crippen LogP contribution < -0.4 is 15.8 Å². The van der Waals surface area contributed by atoms with Crippen LogP contribution in [-0.4, -0.2) is 30.7 Å². The van der Waals surface area contributed by atoms with Gasteiger partial charge in [-0.15, -0.1) is 0 Å². The lowest BCUT2D eigenvalue weighted by Gasteiger charge is -2.13. The number of rotatable bonds is 6. The summed E-state index contributed by atoms with van der Waals surface area (Å²) in [5.74, 6) is 1.08. The van der Waals surface area contributed by atoms with E-state index in [4.69, 9.17) is 15.2 Å². The average molecular weight is 231 g/mol. The van der Waals surface area contributed by atoms with Gasteiger partial charge < -0.3 is 20.5 Å². The highest BCUT2D eigenvalue weighted by Crippen LogP contribution is 2.35. The normalized spacial score (nSPS) is 12.5. The molecule has 1 heterocycles. The van der Waals surface area contributed by atoms with E-state index in [1.165, 1.54) is 11.5 Å². The number of ether oxygens (including phenoxy) is 2. The molecule has 0 spiro atoms. The summed E-state index contributed by atoms with van der Waals surface area (Å²) < 4.78 is 14.5. The summed E-state index contributed by atoms with van der Waals surface area (Å²) in [6.07, 6.45) is 0. The van der Waals surface area contributed by atoms with Crippen LogP contribution in [0.3, 0.4) is 0 Å². The highest BCUT2D eigenvalue weighted by molar-refractivity contribution is 7.11. The minimum absolute atomic E-state index is 0.203. The van der Waals surface area contributed by atoms with Crippen molar-refractivity contribution in [3.8, 4) is 5.75 Å². The number of methoxy groups -OCH3 is 1. The number of nitrogens with two attached hydrogens (primary N) is 1. The summed E-state index contributed by atoms with van der Waals surface area (Å²) in [6, 6.07) is 0.203. The quantitative estimate of drug-likeness (QED) is 0.777. The molecule has 0 aliphatic rings. The van der Waals surface area contributed by atoms with E-state index >= 15 is 0 Å². The molecule has 1 atom stereocenters. The van der Waals surface area contributed by atoms with Gasteiger partial charge in [-0.1, -0.05) is 0 Å². The molecule has 0 aromatic carbocycles. The number of hydrogen-bond donors (Lipinski definition) is 2. The summed E-state index contributed by atoms with van der Waals surface area (Å²) in [5.41, 5.74) is 5.68. The molecule has 1 rings (SSSR count). The molecule has 0 amide bonds. The maximum Gasteiger partial charge on any atom is 0.197 e. The first-order valence-electron chi connectivity index (χ1n) is 4.82. The van der Waals surface area contributed by atoms with Crippen LogP contribution in [0.5, 0.6) is 5.75 Å². The van der Waals surface area contributed by atoms with E-state index in [9.17, 15) is 0 Å². The fourth-order valence-corrected chi connectivity index (χ4v) is 1.96. The Morgan fingerprint density at radius 2 is 2.33 bits per heavy atom. The molecule has 1 aromatic rings. The van der Waals surface area contributed by atoms with Crippen LogP contribution in [0.4, 0.5) is 10.8 Å². The predicted molar refractivity (Wildman–Crippen MR) is 62.7 cm³/mol. The highest BCUT2D eigenvalue weighted by Gasteiger charge is 2.14. The first-order valence-corrected chi connectivity index (χ1v) is 5.59. The van der Waals surface area contributed by atoms with E-state index in [0.29, 0.717) is 24.8 Å². The first-order chi connectivity index (χ1) is 7.19. The van der Waals surface area contributed by atoms with Crippen LogP contribution in [0.1, 0.15) is 13.8 Å². The third-order valence-electron chi connectivity index (χ3n) is 1.76. The Labute approximate surface area is 93.7 Å². The van der Waals surface area contributed by atoms with Crippen LogP contribution in [0, 0.1) is 0 Å². The van der Waals surface area contributed by atoms with Gasteiger partial charge in [0, 0.05) is 13.2 Å². The number of nitrogens with zero attached hydrogens (tertiary/aromatic N) is 1. The largest absolute Gasteiger partial charge is 0.487 e. The molecule has 0 saturated heterocycles. The smallest absolute Gasteiger partial charge is 0.197 e. The molecule has 0 aliphatic carbocycles. The van der Waals surface area contributed by atoms with Gasteiger partial charge in [-0.05, 0) is 25.4 Å². The number of nitrogens with one attached hydrogen (secondary N) is 1. The van der Waals surface area contributed by atoms with Crippen molar-refractivity contribution in [2.45, 2.75) is 19.9 Å². The molecular formula is C9H17N3O2S. The minimum Gasteiger partial charge on any atom is -0.487 e. The standard InChI is InChI=1S/C9H17N3O2S/c1-4-14-7-8(10)12-15-9(7)11-6(2)5-13-3/h6,11H,4-5H2,1-3H3,(H2,10,12). The maximum atomic E-state index is 5.68. The Balaban J connectivity index is 2.67. The SMILES string of the molecule is CCOc1c(N)nsc1NC(C)COC. The van der Waals surface area contributed by atoms with Gasteiger partial charge in [0.1, 0.15) is 0 Å². The topological polar surface area (TPSA) is 69.4 Å². The van der Waals surface area contributed by atoms with Crippen LogP contribution in [0.2, 0.25) is 0 Å². The Kier molecular flexibility index (Phi) is 4.64. The van der Waals surface area contributed by atoms with Crippen molar-refractivity contribution in [1.82, 2.24) is 4.37 Å². The number of aromatic nitrogens is 1. The molecule has 0 aliphatic heterocycles. The summed E-state index contributed by atoms with van der Waals surface area (Å²) >= 11 is 1.30. The van der Waals surface area contributed by atoms with E-state index in [2.05, 4.69) is 9.69 Å². The molecule has 0 bridgehead atoms. The van der Waals surface area contributed by atoms with Crippen molar-refractivity contribution in [2.24, 2.45) is 0 Å². The van der Waals surface area contributed by atoms with E-state index in [1.807, 2.05) is 13.8 Å². The minimum atomic E-state index is 0.203. The second-order valence-corrected chi connectivity index (χ2v) is 3.93. The lowest BCUT2D eigenvalue weighted by atomic mass is 10.3. The maximum absolute atomic E-state index is 5.68. The van der Waals surface area contributed by atoms with Crippen molar-refractivity contribution < 1.29 is 9.47 Å². The summed E-state index contributed by atoms with van der Waals surface area (Å²) in [6.45, 7) is 5.15. The van der Waals surface area contributed by atoms with Gasteiger partial charge in [-0.25, -0.2) is 0 Å². The Morgan fingerprint density at radius 3 is 2.93 bits per heavy atom. The molecule has 1 aromatic heterocycles. The third kappa shape index (κ3) is 3.24. The van der Waals surface area contributed by atoms with Gasteiger partial charge in [-0.3, -0.25) is 0 Å². The van der Waals surface area contributed by atoms with Gasteiger partial charge in [-0.2, -0.15) is 4.37 Å². The van der Waals surface area contributed by atoms with Crippen molar-refractivity contribution in [1.29, 1.82) is 0 Å².